The summed E-state index contributed by atoms with van der Waals surface area (Å²) in [5, 5.41) is 4.13. The first-order valence-corrected chi connectivity index (χ1v) is 5.92. The average Bonchev–Trinajstić information content (AvgIpc) is 3.09. The van der Waals surface area contributed by atoms with Crippen LogP contribution in [0.3, 0.4) is 0 Å². The molecule has 1 aromatic carbocycles. The van der Waals surface area contributed by atoms with Gasteiger partial charge in [0, 0.05) is 18.6 Å². The highest BCUT2D eigenvalue weighted by Gasteiger charge is 2.24. The molecule has 1 fully saturated rings. The largest absolute Gasteiger partial charge is 0.495 e. The molecule has 0 saturated heterocycles. The highest BCUT2D eigenvalue weighted by atomic mass is 35.5. The average molecular weight is 241 g/mol. The summed E-state index contributed by atoms with van der Waals surface area (Å²) in [4.78, 5) is 0. The summed E-state index contributed by atoms with van der Waals surface area (Å²) < 4.78 is 5.12. The molecule has 2 rings (SSSR count). The molecule has 0 heterocycles. The maximum absolute atomic E-state index is 6.09. The third-order valence-electron chi connectivity index (χ3n) is 2.83. The topological polar surface area (TPSA) is 47.3 Å². The van der Waals surface area contributed by atoms with Gasteiger partial charge in [-0.1, -0.05) is 17.7 Å². The van der Waals surface area contributed by atoms with Gasteiger partial charge in [0.1, 0.15) is 5.75 Å². The fourth-order valence-corrected chi connectivity index (χ4v) is 2.00. The number of methoxy groups -OCH3 is 1. The number of ether oxygens (including phenoxy) is 1. The van der Waals surface area contributed by atoms with Crippen molar-refractivity contribution in [1.82, 2.24) is 5.32 Å². The Morgan fingerprint density at radius 2 is 2.31 bits per heavy atom. The Labute approximate surface area is 101 Å². The first-order valence-electron chi connectivity index (χ1n) is 5.54. The lowest BCUT2D eigenvalue weighted by Crippen LogP contribution is -2.29. The van der Waals surface area contributed by atoms with Gasteiger partial charge in [0.2, 0.25) is 0 Å². The van der Waals surface area contributed by atoms with Crippen molar-refractivity contribution < 1.29 is 4.74 Å². The van der Waals surface area contributed by atoms with Crippen molar-refractivity contribution in [1.29, 1.82) is 0 Å². The SMILES string of the molecule is COc1ccc(C(CN)NC2CC2)cc1Cl. The zero-order chi connectivity index (χ0) is 11.5. The molecule has 0 radical (unpaired) electrons. The van der Waals surface area contributed by atoms with Crippen molar-refractivity contribution in [3.05, 3.63) is 28.8 Å². The van der Waals surface area contributed by atoms with Gasteiger partial charge < -0.3 is 15.8 Å². The molecule has 3 nitrogen and oxygen atoms in total. The Hall–Kier alpha value is -0.770. The zero-order valence-corrected chi connectivity index (χ0v) is 10.1. The third-order valence-corrected chi connectivity index (χ3v) is 3.12. The van der Waals surface area contributed by atoms with Crippen molar-refractivity contribution in [3.63, 3.8) is 0 Å². The van der Waals surface area contributed by atoms with Crippen LogP contribution in [0.25, 0.3) is 0 Å². The number of hydrogen-bond acceptors (Lipinski definition) is 3. The summed E-state index contributed by atoms with van der Waals surface area (Å²) in [6, 6.07) is 6.64. The van der Waals surface area contributed by atoms with E-state index in [-0.39, 0.29) is 6.04 Å². The molecule has 3 N–H and O–H groups in total. The number of benzene rings is 1. The maximum Gasteiger partial charge on any atom is 0.137 e. The minimum absolute atomic E-state index is 0.191. The van der Waals surface area contributed by atoms with Crippen LogP contribution in [0.1, 0.15) is 24.4 Å². The van der Waals surface area contributed by atoms with E-state index >= 15 is 0 Å². The standard InChI is InChI=1S/C12H17ClN2O/c1-16-12-5-2-8(6-10(12)13)11(7-14)15-9-3-4-9/h2,5-6,9,11,15H,3-4,7,14H2,1H3. The van der Waals surface area contributed by atoms with Gasteiger partial charge in [0.05, 0.1) is 12.1 Å². The minimum atomic E-state index is 0.191. The van der Waals surface area contributed by atoms with Gasteiger partial charge in [-0.25, -0.2) is 0 Å². The van der Waals surface area contributed by atoms with Gasteiger partial charge in [0.25, 0.3) is 0 Å². The second kappa shape index (κ2) is 5.04. The predicted octanol–water partition coefficient (Wildman–Crippen LogP) is 2.10. The highest BCUT2D eigenvalue weighted by Crippen LogP contribution is 2.29. The molecule has 1 saturated carbocycles. The molecule has 0 amide bonds. The number of nitrogens with two attached hydrogens (primary N) is 1. The predicted molar refractivity (Wildman–Crippen MR) is 66.0 cm³/mol. The van der Waals surface area contributed by atoms with Gasteiger partial charge in [0.15, 0.2) is 0 Å². The molecule has 1 aliphatic carbocycles. The summed E-state index contributed by atoms with van der Waals surface area (Å²) in [6.45, 7) is 0.582. The van der Waals surface area contributed by atoms with Gasteiger partial charge in [-0.3, -0.25) is 0 Å². The van der Waals surface area contributed by atoms with E-state index in [0.717, 1.165) is 5.56 Å². The normalized spacial score (nSPS) is 17.2. The van der Waals surface area contributed by atoms with Crippen LogP contribution in [0.5, 0.6) is 5.75 Å². The lowest BCUT2D eigenvalue weighted by molar-refractivity contribution is 0.414. The Kier molecular flexibility index (Phi) is 3.69. The van der Waals surface area contributed by atoms with E-state index < -0.39 is 0 Å². The Balaban J connectivity index is 2.13. The summed E-state index contributed by atoms with van der Waals surface area (Å²) >= 11 is 6.09. The third kappa shape index (κ3) is 2.67. The molecule has 0 aliphatic heterocycles. The van der Waals surface area contributed by atoms with Crippen molar-refractivity contribution in [2.75, 3.05) is 13.7 Å². The molecule has 1 unspecified atom stereocenters. The van der Waals surface area contributed by atoms with Crippen LogP contribution in [-0.4, -0.2) is 19.7 Å². The van der Waals surface area contributed by atoms with Gasteiger partial charge in [-0.15, -0.1) is 0 Å². The van der Waals surface area contributed by atoms with Gasteiger partial charge in [-0.2, -0.15) is 0 Å². The van der Waals surface area contributed by atoms with Crippen LogP contribution in [0.2, 0.25) is 5.02 Å². The first-order chi connectivity index (χ1) is 7.74. The van der Waals surface area contributed by atoms with E-state index in [1.807, 2.05) is 18.2 Å². The van der Waals surface area contributed by atoms with E-state index in [1.54, 1.807) is 7.11 Å². The number of rotatable bonds is 5. The fraction of sp³-hybridized carbons (Fsp3) is 0.500. The van der Waals surface area contributed by atoms with Crippen LogP contribution in [0.4, 0.5) is 0 Å². The second-order valence-electron chi connectivity index (χ2n) is 4.12. The molecule has 16 heavy (non-hydrogen) atoms. The Morgan fingerprint density at radius 3 is 2.81 bits per heavy atom. The van der Waals surface area contributed by atoms with E-state index in [1.165, 1.54) is 12.8 Å². The summed E-state index contributed by atoms with van der Waals surface area (Å²) in [7, 11) is 1.61. The Bertz CT molecular complexity index is 366. The monoisotopic (exact) mass is 240 g/mol. The summed E-state index contributed by atoms with van der Waals surface area (Å²) in [5.74, 6) is 0.701. The summed E-state index contributed by atoms with van der Waals surface area (Å²) in [6.07, 6.45) is 2.50. The smallest absolute Gasteiger partial charge is 0.137 e. The minimum Gasteiger partial charge on any atom is -0.495 e. The highest BCUT2D eigenvalue weighted by molar-refractivity contribution is 6.32. The molecule has 1 atom stereocenters. The lowest BCUT2D eigenvalue weighted by Gasteiger charge is -2.17. The molecular weight excluding hydrogens is 224 g/mol. The number of nitrogens with one attached hydrogen (secondary N) is 1. The van der Waals surface area contributed by atoms with Crippen LogP contribution in [0.15, 0.2) is 18.2 Å². The van der Waals surface area contributed by atoms with Gasteiger partial charge >= 0.3 is 0 Å². The van der Waals surface area contributed by atoms with Crippen molar-refractivity contribution in [2.45, 2.75) is 24.9 Å². The maximum atomic E-state index is 6.09. The van der Waals surface area contributed by atoms with Crippen LogP contribution >= 0.6 is 11.6 Å². The lowest BCUT2D eigenvalue weighted by atomic mass is 10.1. The molecule has 88 valence electrons. The van der Waals surface area contributed by atoms with E-state index in [4.69, 9.17) is 22.1 Å². The molecule has 4 heteroatoms. The van der Waals surface area contributed by atoms with Crippen molar-refractivity contribution in [2.24, 2.45) is 5.73 Å². The molecule has 0 spiro atoms. The van der Waals surface area contributed by atoms with E-state index in [0.29, 0.717) is 23.4 Å². The molecular formula is C12H17ClN2O. The molecule has 0 bridgehead atoms. The number of hydrogen-bond donors (Lipinski definition) is 2. The van der Waals surface area contributed by atoms with Gasteiger partial charge in [-0.05, 0) is 30.5 Å². The van der Waals surface area contributed by atoms with Crippen LogP contribution < -0.4 is 15.8 Å². The van der Waals surface area contributed by atoms with Crippen molar-refractivity contribution in [3.8, 4) is 5.75 Å². The van der Waals surface area contributed by atoms with E-state index in [9.17, 15) is 0 Å². The molecule has 1 aliphatic rings. The number of halogens is 1. The molecule has 0 aromatic heterocycles. The fourth-order valence-electron chi connectivity index (χ4n) is 1.73. The zero-order valence-electron chi connectivity index (χ0n) is 9.37. The van der Waals surface area contributed by atoms with Crippen molar-refractivity contribution >= 4 is 11.6 Å². The van der Waals surface area contributed by atoms with Crippen LogP contribution in [-0.2, 0) is 0 Å². The second-order valence-corrected chi connectivity index (χ2v) is 4.53. The van der Waals surface area contributed by atoms with E-state index in [2.05, 4.69) is 5.32 Å². The summed E-state index contributed by atoms with van der Waals surface area (Å²) in [5.41, 5.74) is 6.89. The first kappa shape index (κ1) is 11.7. The van der Waals surface area contributed by atoms with Crippen LogP contribution in [0, 0.1) is 0 Å². The Morgan fingerprint density at radius 1 is 1.56 bits per heavy atom. The molecule has 1 aromatic rings. The quantitative estimate of drug-likeness (QED) is 0.829.